The Kier molecular flexibility index (Phi) is 6.87. The van der Waals surface area contributed by atoms with E-state index in [2.05, 4.69) is 20.5 Å². The lowest BCUT2D eigenvalue weighted by Gasteiger charge is -2.18. The second kappa shape index (κ2) is 10.2. The standard InChI is InChI=1S/C26H27N5O3/c1-17-13-20(16-27-15-17)24-29-30-26(28-25(32)18(2)14-19-9-6-5-7-10-19)31(24)23-21(33-3)11-8-12-22(23)34-4/h5-13,15-16,18H,14H2,1-4H3,(H,28,30,32). The number of carbonyl (C=O) groups is 1. The molecule has 0 saturated heterocycles. The van der Waals surface area contributed by atoms with E-state index in [9.17, 15) is 4.79 Å². The van der Waals surface area contributed by atoms with Crippen molar-refractivity contribution in [2.45, 2.75) is 20.3 Å². The van der Waals surface area contributed by atoms with Crippen molar-refractivity contribution >= 4 is 11.9 Å². The second-order valence-electron chi connectivity index (χ2n) is 8.02. The molecule has 0 saturated carbocycles. The molecule has 0 fully saturated rings. The fourth-order valence-electron chi connectivity index (χ4n) is 3.79. The molecule has 0 spiro atoms. The summed E-state index contributed by atoms with van der Waals surface area (Å²) in [6.45, 7) is 3.84. The number of pyridine rings is 1. The van der Waals surface area contributed by atoms with E-state index in [0.717, 1.165) is 16.7 Å². The monoisotopic (exact) mass is 457 g/mol. The Labute approximate surface area is 198 Å². The van der Waals surface area contributed by atoms with Crippen LogP contribution >= 0.6 is 0 Å². The number of nitrogens with zero attached hydrogens (tertiary/aromatic N) is 4. The second-order valence-corrected chi connectivity index (χ2v) is 8.02. The van der Waals surface area contributed by atoms with Crippen LogP contribution in [0.5, 0.6) is 11.5 Å². The molecule has 2 aromatic carbocycles. The lowest BCUT2D eigenvalue weighted by Crippen LogP contribution is -2.24. The van der Waals surface area contributed by atoms with Crippen molar-refractivity contribution in [1.29, 1.82) is 0 Å². The van der Waals surface area contributed by atoms with Crippen LogP contribution in [0.15, 0.2) is 67.0 Å². The summed E-state index contributed by atoms with van der Waals surface area (Å²) in [5.74, 6) is 1.42. The van der Waals surface area contributed by atoms with Crippen LogP contribution in [0.4, 0.5) is 5.95 Å². The molecule has 1 atom stereocenters. The molecule has 1 unspecified atom stereocenters. The highest BCUT2D eigenvalue weighted by Crippen LogP contribution is 2.37. The van der Waals surface area contributed by atoms with E-state index < -0.39 is 0 Å². The fraction of sp³-hybridized carbons (Fsp3) is 0.231. The highest BCUT2D eigenvalue weighted by atomic mass is 16.5. The number of hydrogen-bond donors (Lipinski definition) is 1. The topological polar surface area (TPSA) is 91.2 Å². The third-order valence-corrected chi connectivity index (χ3v) is 5.49. The highest BCUT2D eigenvalue weighted by molar-refractivity contribution is 5.91. The molecule has 34 heavy (non-hydrogen) atoms. The number of nitrogens with one attached hydrogen (secondary N) is 1. The van der Waals surface area contributed by atoms with Gasteiger partial charge in [-0.1, -0.05) is 43.3 Å². The van der Waals surface area contributed by atoms with Crippen LogP contribution in [0.25, 0.3) is 17.1 Å². The molecule has 4 aromatic rings. The summed E-state index contributed by atoms with van der Waals surface area (Å²) >= 11 is 0. The Morgan fingerprint density at radius 3 is 2.35 bits per heavy atom. The van der Waals surface area contributed by atoms with Crippen LogP contribution in [-0.4, -0.2) is 39.9 Å². The maximum atomic E-state index is 13.1. The number of benzene rings is 2. The van der Waals surface area contributed by atoms with Gasteiger partial charge in [-0.05, 0) is 42.7 Å². The first-order chi connectivity index (χ1) is 16.5. The molecule has 2 aromatic heterocycles. The molecule has 1 N–H and O–H groups in total. The first-order valence-corrected chi connectivity index (χ1v) is 11.0. The van der Waals surface area contributed by atoms with Gasteiger partial charge in [-0.2, -0.15) is 0 Å². The number of hydrogen-bond acceptors (Lipinski definition) is 6. The molecule has 8 nitrogen and oxygen atoms in total. The minimum atomic E-state index is -0.281. The van der Waals surface area contributed by atoms with Gasteiger partial charge in [-0.3, -0.25) is 19.7 Å². The van der Waals surface area contributed by atoms with Crippen molar-refractivity contribution < 1.29 is 14.3 Å². The molecular weight excluding hydrogens is 430 g/mol. The quantitative estimate of drug-likeness (QED) is 0.420. The van der Waals surface area contributed by atoms with Crippen molar-refractivity contribution in [2.24, 2.45) is 5.92 Å². The summed E-state index contributed by atoms with van der Waals surface area (Å²) in [4.78, 5) is 17.4. The first kappa shape index (κ1) is 23.0. The van der Waals surface area contributed by atoms with Crippen molar-refractivity contribution in [3.05, 3.63) is 78.1 Å². The molecule has 0 bridgehead atoms. The average Bonchev–Trinajstić information content (AvgIpc) is 3.26. The van der Waals surface area contributed by atoms with Crippen LogP contribution in [-0.2, 0) is 11.2 Å². The normalized spacial score (nSPS) is 11.6. The molecule has 0 aliphatic carbocycles. The molecule has 0 aliphatic rings. The number of carbonyl (C=O) groups excluding carboxylic acids is 1. The molecule has 0 aliphatic heterocycles. The van der Waals surface area contributed by atoms with Crippen molar-refractivity contribution in [2.75, 3.05) is 19.5 Å². The molecule has 0 radical (unpaired) electrons. The minimum Gasteiger partial charge on any atom is -0.494 e. The van der Waals surface area contributed by atoms with Gasteiger partial charge in [0.25, 0.3) is 0 Å². The molecule has 1 amide bonds. The van der Waals surface area contributed by atoms with Crippen LogP contribution < -0.4 is 14.8 Å². The van der Waals surface area contributed by atoms with Gasteiger partial charge in [0.2, 0.25) is 11.9 Å². The predicted molar refractivity (Wildman–Crippen MR) is 130 cm³/mol. The Bertz CT molecular complexity index is 1260. The van der Waals surface area contributed by atoms with Gasteiger partial charge in [0, 0.05) is 23.9 Å². The van der Waals surface area contributed by atoms with Crippen LogP contribution in [0.1, 0.15) is 18.1 Å². The van der Waals surface area contributed by atoms with Gasteiger partial charge in [-0.25, -0.2) is 0 Å². The number of anilines is 1. The maximum absolute atomic E-state index is 13.1. The van der Waals surface area contributed by atoms with Crippen LogP contribution in [0.2, 0.25) is 0 Å². The smallest absolute Gasteiger partial charge is 0.236 e. The summed E-state index contributed by atoms with van der Waals surface area (Å²) < 4.78 is 13.0. The Morgan fingerprint density at radius 1 is 1.00 bits per heavy atom. The van der Waals surface area contributed by atoms with Crippen molar-refractivity contribution in [3.63, 3.8) is 0 Å². The molecule has 174 valence electrons. The highest BCUT2D eigenvalue weighted by Gasteiger charge is 2.25. The number of methoxy groups -OCH3 is 2. The number of ether oxygens (including phenoxy) is 2. The van der Waals surface area contributed by atoms with Gasteiger partial charge in [0.05, 0.1) is 14.2 Å². The van der Waals surface area contributed by atoms with Crippen LogP contribution in [0.3, 0.4) is 0 Å². The van der Waals surface area contributed by atoms with Gasteiger partial charge >= 0.3 is 0 Å². The number of rotatable bonds is 8. The van der Waals surface area contributed by atoms with E-state index >= 15 is 0 Å². The molecule has 4 rings (SSSR count). The van der Waals surface area contributed by atoms with E-state index in [1.54, 1.807) is 31.2 Å². The van der Waals surface area contributed by atoms with Crippen molar-refractivity contribution in [1.82, 2.24) is 19.7 Å². The Morgan fingerprint density at radius 2 is 1.71 bits per heavy atom. The number of aryl methyl sites for hydroxylation is 1. The lowest BCUT2D eigenvalue weighted by molar-refractivity contribution is -0.119. The zero-order valence-corrected chi connectivity index (χ0v) is 19.6. The number of aromatic nitrogens is 4. The zero-order valence-electron chi connectivity index (χ0n) is 19.6. The van der Waals surface area contributed by atoms with E-state index in [0.29, 0.717) is 29.4 Å². The van der Waals surface area contributed by atoms with E-state index in [1.807, 2.05) is 68.4 Å². The SMILES string of the molecule is COc1cccc(OC)c1-n1c(NC(=O)C(C)Cc2ccccc2)nnc1-c1cncc(C)c1. The summed E-state index contributed by atoms with van der Waals surface area (Å²) in [7, 11) is 3.16. The zero-order chi connectivity index (χ0) is 24.1. The van der Waals surface area contributed by atoms with Gasteiger partial charge in [-0.15, -0.1) is 10.2 Å². The minimum absolute atomic E-state index is 0.166. The average molecular weight is 458 g/mol. The van der Waals surface area contributed by atoms with Gasteiger partial charge in [0.15, 0.2) is 5.82 Å². The number of para-hydroxylation sites is 1. The molecule has 8 heteroatoms. The molecular formula is C26H27N5O3. The first-order valence-electron chi connectivity index (χ1n) is 11.0. The summed E-state index contributed by atoms with van der Waals surface area (Å²) in [5.41, 5.74) is 3.39. The number of amides is 1. The Hall–Kier alpha value is -4.20. The molecule has 2 heterocycles. The summed E-state index contributed by atoms with van der Waals surface area (Å²) in [5, 5.41) is 11.7. The summed E-state index contributed by atoms with van der Waals surface area (Å²) in [6, 6.07) is 17.3. The fourth-order valence-corrected chi connectivity index (χ4v) is 3.79. The van der Waals surface area contributed by atoms with Crippen molar-refractivity contribution in [3.8, 4) is 28.6 Å². The third-order valence-electron chi connectivity index (χ3n) is 5.49. The maximum Gasteiger partial charge on any atom is 0.236 e. The third kappa shape index (κ3) is 4.76. The summed E-state index contributed by atoms with van der Waals surface area (Å²) in [6.07, 6.45) is 4.08. The largest absolute Gasteiger partial charge is 0.494 e. The van der Waals surface area contributed by atoms with E-state index in [1.165, 1.54) is 0 Å². The predicted octanol–water partition coefficient (Wildman–Crippen LogP) is 4.47. The van der Waals surface area contributed by atoms with E-state index in [4.69, 9.17) is 9.47 Å². The van der Waals surface area contributed by atoms with Crippen LogP contribution in [0, 0.1) is 12.8 Å². The Balaban J connectivity index is 1.78. The van der Waals surface area contributed by atoms with Gasteiger partial charge in [0.1, 0.15) is 17.2 Å². The van der Waals surface area contributed by atoms with E-state index in [-0.39, 0.29) is 17.8 Å². The van der Waals surface area contributed by atoms with Gasteiger partial charge < -0.3 is 9.47 Å². The lowest BCUT2D eigenvalue weighted by atomic mass is 10.0.